The Bertz CT molecular complexity index is 415. The first-order valence-electron chi connectivity index (χ1n) is 7.19. The molecule has 6 nitrogen and oxygen atoms in total. The summed E-state index contributed by atoms with van der Waals surface area (Å²) in [4.78, 5) is 11.7. The standard InChI is InChI=1S/C15H26N2O4/c1-11(2)8-20-9-12(3)17-14(18)16-10-15(4,19)13-6-5-7-21-13/h5-7,11-12,19H,8-10H2,1-4H3,(H2,16,17,18). The maximum absolute atomic E-state index is 11.7. The van der Waals surface area contributed by atoms with Gasteiger partial charge in [0, 0.05) is 6.61 Å². The third-order valence-corrected chi connectivity index (χ3v) is 2.84. The van der Waals surface area contributed by atoms with E-state index in [1.54, 1.807) is 19.1 Å². The van der Waals surface area contributed by atoms with Crippen molar-refractivity contribution < 1.29 is 19.1 Å². The first-order chi connectivity index (χ1) is 9.81. The smallest absolute Gasteiger partial charge is 0.315 e. The summed E-state index contributed by atoms with van der Waals surface area (Å²) in [6.07, 6.45) is 1.48. The van der Waals surface area contributed by atoms with Crippen molar-refractivity contribution in [3.63, 3.8) is 0 Å². The Hall–Kier alpha value is -1.53. The van der Waals surface area contributed by atoms with Gasteiger partial charge in [0.1, 0.15) is 11.4 Å². The second-order valence-corrected chi connectivity index (χ2v) is 5.91. The fourth-order valence-corrected chi connectivity index (χ4v) is 1.72. The number of rotatable bonds is 8. The summed E-state index contributed by atoms with van der Waals surface area (Å²) in [5.41, 5.74) is -1.24. The van der Waals surface area contributed by atoms with E-state index in [-0.39, 0.29) is 18.6 Å². The van der Waals surface area contributed by atoms with Crippen molar-refractivity contribution in [1.29, 1.82) is 0 Å². The number of amides is 2. The lowest BCUT2D eigenvalue weighted by atomic mass is 10.0. The summed E-state index contributed by atoms with van der Waals surface area (Å²) in [6.45, 7) is 8.78. The van der Waals surface area contributed by atoms with E-state index in [1.807, 2.05) is 6.92 Å². The summed E-state index contributed by atoms with van der Waals surface area (Å²) >= 11 is 0. The van der Waals surface area contributed by atoms with Gasteiger partial charge in [0.15, 0.2) is 0 Å². The molecule has 1 aromatic rings. The topological polar surface area (TPSA) is 83.7 Å². The largest absolute Gasteiger partial charge is 0.466 e. The predicted molar refractivity (Wildman–Crippen MR) is 79.9 cm³/mol. The zero-order valence-corrected chi connectivity index (χ0v) is 13.2. The zero-order chi connectivity index (χ0) is 15.9. The molecule has 2 unspecified atom stereocenters. The molecule has 0 bridgehead atoms. The summed E-state index contributed by atoms with van der Waals surface area (Å²) < 4.78 is 10.6. The molecule has 3 N–H and O–H groups in total. The number of urea groups is 1. The number of carbonyl (C=O) groups is 1. The highest BCUT2D eigenvalue weighted by atomic mass is 16.5. The number of nitrogens with one attached hydrogen (secondary N) is 2. The highest BCUT2D eigenvalue weighted by molar-refractivity contribution is 5.74. The molecule has 2 atom stereocenters. The highest BCUT2D eigenvalue weighted by Crippen LogP contribution is 2.19. The van der Waals surface area contributed by atoms with Crippen LogP contribution in [-0.4, -0.2) is 36.9 Å². The molecular weight excluding hydrogens is 272 g/mol. The third-order valence-electron chi connectivity index (χ3n) is 2.84. The van der Waals surface area contributed by atoms with Crippen LogP contribution >= 0.6 is 0 Å². The van der Waals surface area contributed by atoms with Crippen LogP contribution in [0.1, 0.15) is 33.5 Å². The Kier molecular flexibility index (Phi) is 6.71. The summed E-state index contributed by atoms with van der Waals surface area (Å²) in [5, 5.41) is 15.6. The van der Waals surface area contributed by atoms with Crippen LogP contribution in [0.5, 0.6) is 0 Å². The fourth-order valence-electron chi connectivity index (χ4n) is 1.72. The zero-order valence-electron chi connectivity index (χ0n) is 13.2. The summed E-state index contributed by atoms with van der Waals surface area (Å²) in [7, 11) is 0. The lowest BCUT2D eigenvalue weighted by Crippen LogP contribution is -2.47. The Balaban J connectivity index is 2.27. The Labute approximate surface area is 125 Å². The molecule has 1 aromatic heterocycles. The minimum atomic E-state index is -1.24. The van der Waals surface area contributed by atoms with E-state index >= 15 is 0 Å². The maximum atomic E-state index is 11.7. The molecule has 1 rings (SSSR count). The van der Waals surface area contributed by atoms with E-state index in [1.165, 1.54) is 6.26 Å². The Morgan fingerprint density at radius 3 is 2.71 bits per heavy atom. The third kappa shape index (κ3) is 6.64. The average molecular weight is 298 g/mol. The van der Waals surface area contributed by atoms with Gasteiger partial charge in [-0.2, -0.15) is 0 Å². The molecule has 21 heavy (non-hydrogen) atoms. The molecular formula is C15H26N2O4. The van der Waals surface area contributed by atoms with Gasteiger partial charge in [0.05, 0.1) is 25.5 Å². The van der Waals surface area contributed by atoms with Crippen molar-refractivity contribution in [2.45, 2.75) is 39.3 Å². The van der Waals surface area contributed by atoms with Gasteiger partial charge in [-0.3, -0.25) is 0 Å². The lowest BCUT2D eigenvalue weighted by Gasteiger charge is -2.22. The molecule has 0 aromatic carbocycles. The second kappa shape index (κ2) is 8.05. The number of carbonyl (C=O) groups excluding carboxylic acids is 1. The number of hydrogen-bond acceptors (Lipinski definition) is 4. The van der Waals surface area contributed by atoms with E-state index in [2.05, 4.69) is 24.5 Å². The Morgan fingerprint density at radius 2 is 2.14 bits per heavy atom. The van der Waals surface area contributed by atoms with Crippen LogP contribution in [0.2, 0.25) is 0 Å². The maximum Gasteiger partial charge on any atom is 0.315 e. The van der Waals surface area contributed by atoms with Crippen molar-refractivity contribution >= 4 is 6.03 Å². The molecule has 0 aliphatic carbocycles. The van der Waals surface area contributed by atoms with Crippen LogP contribution in [0.25, 0.3) is 0 Å². The SMILES string of the molecule is CC(C)COCC(C)NC(=O)NCC(C)(O)c1ccco1. The van der Waals surface area contributed by atoms with Gasteiger partial charge in [0.25, 0.3) is 0 Å². The second-order valence-electron chi connectivity index (χ2n) is 5.91. The normalized spacial score (nSPS) is 15.5. The summed E-state index contributed by atoms with van der Waals surface area (Å²) in [6, 6.07) is 2.92. The van der Waals surface area contributed by atoms with Crippen molar-refractivity contribution in [1.82, 2.24) is 10.6 Å². The van der Waals surface area contributed by atoms with Gasteiger partial charge in [-0.25, -0.2) is 4.79 Å². The van der Waals surface area contributed by atoms with Crippen LogP contribution in [0.3, 0.4) is 0 Å². The van der Waals surface area contributed by atoms with Crippen LogP contribution in [-0.2, 0) is 10.3 Å². The van der Waals surface area contributed by atoms with E-state index < -0.39 is 5.60 Å². The molecule has 0 aliphatic heterocycles. The van der Waals surface area contributed by atoms with E-state index in [4.69, 9.17) is 9.15 Å². The quantitative estimate of drug-likeness (QED) is 0.684. The molecule has 0 radical (unpaired) electrons. The molecule has 0 spiro atoms. The fraction of sp³-hybridized carbons (Fsp3) is 0.667. The number of aliphatic hydroxyl groups is 1. The van der Waals surface area contributed by atoms with E-state index in [9.17, 15) is 9.90 Å². The monoisotopic (exact) mass is 298 g/mol. The van der Waals surface area contributed by atoms with Gasteiger partial charge >= 0.3 is 6.03 Å². The number of ether oxygens (including phenoxy) is 1. The van der Waals surface area contributed by atoms with E-state index in [0.717, 1.165) is 0 Å². The number of furan rings is 1. The Morgan fingerprint density at radius 1 is 1.43 bits per heavy atom. The van der Waals surface area contributed by atoms with Crippen molar-refractivity contribution in [2.75, 3.05) is 19.8 Å². The highest BCUT2D eigenvalue weighted by Gasteiger charge is 2.26. The minimum absolute atomic E-state index is 0.0614. The molecule has 0 saturated heterocycles. The molecule has 0 aliphatic rings. The van der Waals surface area contributed by atoms with Crippen molar-refractivity contribution in [3.05, 3.63) is 24.2 Å². The number of hydrogen-bond donors (Lipinski definition) is 3. The first-order valence-corrected chi connectivity index (χ1v) is 7.19. The molecule has 0 saturated carbocycles. The minimum Gasteiger partial charge on any atom is -0.466 e. The van der Waals surface area contributed by atoms with Crippen LogP contribution in [0.4, 0.5) is 4.79 Å². The molecule has 2 amide bonds. The van der Waals surface area contributed by atoms with Gasteiger partial charge in [-0.05, 0) is 31.9 Å². The van der Waals surface area contributed by atoms with Gasteiger partial charge < -0.3 is 24.9 Å². The lowest BCUT2D eigenvalue weighted by molar-refractivity contribution is 0.0364. The molecule has 0 fully saturated rings. The van der Waals surface area contributed by atoms with Crippen LogP contribution in [0.15, 0.2) is 22.8 Å². The first kappa shape index (κ1) is 17.5. The summed E-state index contributed by atoms with van der Waals surface area (Å²) in [5.74, 6) is 0.880. The van der Waals surface area contributed by atoms with Crippen LogP contribution in [0, 0.1) is 5.92 Å². The van der Waals surface area contributed by atoms with Gasteiger partial charge in [-0.15, -0.1) is 0 Å². The molecule has 1 heterocycles. The predicted octanol–water partition coefficient (Wildman–Crippen LogP) is 1.85. The average Bonchev–Trinajstić information content (AvgIpc) is 2.90. The molecule has 6 heteroatoms. The van der Waals surface area contributed by atoms with Crippen molar-refractivity contribution in [3.8, 4) is 0 Å². The van der Waals surface area contributed by atoms with E-state index in [0.29, 0.717) is 24.9 Å². The van der Waals surface area contributed by atoms with Crippen molar-refractivity contribution in [2.24, 2.45) is 5.92 Å². The van der Waals surface area contributed by atoms with Gasteiger partial charge in [0.2, 0.25) is 0 Å². The van der Waals surface area contributed by atoms with Crippen LogP contribution < -0.4 is 10.6 Å². The molecule has 120 valence electrons. The van der Waals surface area contributed by atoms with Gasteiger partial charge in [-0.1, -0.05) is 13.8 Å².